The van der Waals surface area contributed by atoms with Crippen LogP contribution in [0.1, 0.15) is 12.0 Å². The summed E-state index contributed by atoms with van der Waals surface area (Å²) < 4.78 is 0. The number of hydrogen-bond acceptors (Lipinski definition) is 3. The van der Waals surface area contributed by atoms with E-state index in [4.69, 9.17) is 10.8 Å². The summed E-state index contributed by atoms with van der Waals surface area (Å²) in [4.78, 5) is 10.4. The van der Waals surface area contributed by atoms with E-state index in [0.29, 0.717) is 6.42 Å². The highest BCUT2D eigenvalue weighted by atomic mass is 16.4. The summed E-state index contributed by atoms with van der Waals surface area (Å²) in [6.07, 6.45) is -0.646. The van der Waals surface area contributed by atoms with Crippen molar-refractivity contribution in [3.05, 3.63) is 35.9 Å². The van der Waals surface area contributed by atoms with Crippen molar-refractivity contribution in [1.29, 1.82) is 0 Å². The van der Waals surface area contributed by atoms with Crippen LogP contribution in [0.2, 0.25) is 0 Å². The number of carboxylic acid groups (broad SMARTS) is 1. The number of hydrogen-bond donors (Lipinski definition) is 3. The monoisotopic (exact) mass is 209 g/mol. The van der Waals surface area contributed by atoms with Gasteiger partial charge in [-0.2, -0.15) is 0 Å². The molecule has 4 nitrogen and oxygen atoms in total. The van der Waals surface area contributed by atoms with Gasteiger partial charge in [-0.1, -0.05) is 30.3 Å². The van der Waals surface area contributed by atoms with Gasteiger partial charge in [-0.25, -0.2) is 0 Å². The lowest BCUT2D eigenvalue weighted by molar-refractivity contribution is -0.138. The first kappa shape index (κ1) is 11.7. The van der Waals surface area contributed by atoms with Gasteiger partial charge in [-0.3, -0.25) is 4.79 Å². The average molecular weight is 209 g/mol. The van der Waals surface area contributed by atoms with E-state index in [-0.39, 0.29) is 6.42 Å². The molecule has 4 N–H and O–H groups in total. The van der Waals surface area contributed by atoms with E-state index in [1.165, 1.54) is 0 Å². The predicted molar refractivity (Wildman–Crippen MR) is 56.4 cm³/mol. The van der Waals surface area contributed by atoms with Gasteiger partial charge in [0, 0.05) is 6.04 Å². The van der Waals surface area contributed by atoms with Crippen molar-refractivity contribution in [3.63, 3.8) is 0 Å². The summed E-state index contributed by atoms with van der Waals surface area (Å²) in [6, 6.07) is 8.64. The molecule has 0 spiro atoms. The molecular weight excluding hydrogens is 194 g/mol. The number of benzene rings is 1. The van der Waals surface area contributed by atoms with Crippen molar-refractivity contribution in [2.24, 2.45) is 5.73 Å². The third-order valence-electron chi connectivity index (χ3n) is 2.19. The Bertz CT molecular complexity index is 313. The van der Waals surface area contributed by atoms with Crippen LogP contribution in [0.15, 0.2) is 30.3 Å². The van der Waals surface area contributed by atoms with Crippen LogP contribution in [0.3, 0.4) is 0 Å². The molecule has 0 aliphatic heterocycles. The molecule has 0 bridgehead atoms. The lowest BCUT2D eigenvalue weighted by atomic mass is 10.0. The summed E-state index contributed by atoms with van der Waals surface area (Å²) in [6.45, 7) is 0. The zero-order chi connectivity index (χ0) is 11.3. The Labute approximate surface area is 88.3 Å². The molecule has 0 radical (unpaired) electrons. The highest BCUT2D eigenvalue weighted by Gasteiger charge is 2.17. The van der Waals surface area contributed by atoms with Gasteiger partial charge in [0.15, 0.2) is 0 Å². The molecule has 0 unspecified atom stereocenters. The second-order valence-corrected chi connectivity index (χ2v) is 3.52. The summed E-state index contributed by atoms with van der Waals surface area (Å²) in [5, 5.41) is 18.1. The summed E-state index contributed by atoms with van der Waals surface area (Å²) in [5.74, 6) is -0.991. The number of carbonyl (C=O) groups is 1. The molecule has 0 aliphatic rings. The Kier molecular flexibility index (Phi) is 4.27. The first-order valence-electron chi connectivity index (χ1n) is 4.79. The van der Waals surface area contributed by atoms with Crippen molar-refractivity contribution in [3.8, 4) is 0 Å². The molecule has 0 aromatic heterocycles. The van der Waals surface area contributed by atoms with E-state index in [9.17, 15) is 9.90 Å². The smallest absolute Gasteiger partial charge is 0.305 e. The molecule has 15 heavy (non-hydrogen) atoms. The van der Waals surface area contributed by atoms with Crippen LogP contribution in [0.5, 0.6) is 0 Å². The topological polar surface area (TPSA) is 83.6 Å². The molecule has 0 fully saturated rings. The summed E-state index contributed by atoms with van der Waals surface area (Å²) in [5.41, 5.74) is 6.49. The number of rotatable bonds is 5. The van der Waals surface area contributed by atoms with Gasteiger partial charge >= 0.3 is 5.97 Å². The van der Waals surface area contributed by atoms with Crippen molar-refractivity contribution in [1.82, 2.24) is 0 Å². The van der Waals surface area contributed by atoms with Crippen LogP contribution in [-0.2, 0) is 11.2 Å². The second kappa shape index (κ2) is 5.48. The lowest BCUT2D eigenvalue weighted by Crippen LogP contribution is -2.38. The largest absolute Gasteiger partial charge is 0.481 e. The van der Waals surface area contributed by atoms with Gasteiger partial charge in [0.25, 0.3) is 0 Å². The van der Waals surface area contributed by atoms with Crippen LogP contribution in [0.25, 0.3) is 0 Å². The molecule has 82 valence electrons. The van der Waals surface area contributed by atoms with Gasteiger partial charge in [0.05, 0.1) is 12.5 Å². The highest BCUT2D eigenvalue weighted by molar-refractivity contribution is 5.67. The van der Waals surface area contributed by atoms with Crippen molar-refractivity contribution >= 4 is 5.97 Å². The van der Waals surface area contributed by atoms with Gasteiger partial charge in [0.1, 0.15) is 0 Å². The van der Waals surface area contributed by atoms with E-state index in [0.717, 1.165) is 5.56 Å². The standard InChI is InChI=1S/C11H15NO3/c12-9(7-11(14)15)10(13)6-8-4-2-1-3-5-8/h1-5,9-10,13H,6-7,12H2,(H,14,15)/t9-,10-/m1/s1. The molecule has 4 heteroatoms. The van der Waals surface area contributed by atoms with Crippen LogP contribution in [0.4, 0.5) is 0 Å². The van der Waals surface area contributed by atoms with E-state index in [1.807, 2.05) is 30.3 Å². The maximum Gasteiger partial charge on any atom is 0.305 e. The minimum atomic E-state index is -0.991. The SMILES string of the molecule is N[C@H](CC(=O)O)[C@H](O)Cc1ccccc1. The minimum absolute atomic E-state index is 0.214. The van der Waals surface area contributed by atoms with Gasteiger partial charge in [-0.05, 0) is 12.0 Å². The maximum absolute atomic E-state index is 10.4. The van der Waals surface area contributed by atoms with E-state index in [2.05, 4.69) is 0 Å². The zero-order valence-electron chi connectivity index (χ0n) is 8.34. The predicted octanol–water partition coefficient (Wildman–Crippen LogP) is 0.392. The summed E-state index contributed by atoms with van der Waals surface area (Å²) >= 11 is 0. The number of carboxylic acids is 1. The third-order valence-corrected chi connectivity index (χ3v) is 2.19. The highest BCUT2D eigenvalue weighted by Crippen LogP contribution is 2.06. The van der Waals surface area contributed by atoms with Gasteiger partial charge in [0.2, 0.25) is 0 Å². The van der Waals surface area contributed by atoms with E-state index >= 15 is 0 Å². The maximum atomic E-state index is 10.4. The zero-order valence-corrected chi connectivity index (χ0v) is 8.34. The van der Waals surface area contributed by atoms with Crippen LogP contribution in [0, 0.1) is 0 Å². The summed E-state index contributed by atoms with van der Waals surface area (Å²) in [7, 11) is 0. The van der Waals surface area contributed by atoms with Crippen molar-refractivity contribution in [2.75, 3.05) is 0 Å². The van der Waals surface area contributed by atoms with Gasteiger partial charge < -0.3 is 15.9 Å². The Morgan fingerprint density at radius 1 is 1.33 bits per heavy atom. The quantitative estimate of drug-likeness (QED) is 0.655. The van der Waals surface area contributed by atoms with Crippen molar-refractivity contribution < 1.29 is 15.0 Å². The molecule has 1 aromatic rings. The van der Waals surface area contributed by atoms with Crippen molar-refractivity contribution in [2.45, 2.75) is 25.0 Å². The molecule has 0 amide bonds. The first-order chi connectivity index (χ1) is 7.09. The first-order valence-corrected chi connectivity index (χ1v) is 4.79. The minimum Gasteiger partial charge on any atom is -0.481 e. The van der Waals surface area contributed by atoms with Crippen LogP contribution >= 0.6 is 0 Å². The van der Waals surface area contributed by atoms with Gasteiger partial charge in [-0.15, -0.1) is 0 Å². The Morgan fingerprint density at radius 2 is 1.93 bits per heavy atom. The van der Waals surface area contributed by atoms with E-state index in [1.54, 1.807) is 0 Å². The fourth-order valence-electron chi connectivity index (χ4n) is 1.34. The molecule has 0 heterocycles. The lowest BCUT2D eigenvalue weighted by Gasteiger charge is -2.16. The fourth-order valence-corrected chi connectivity index (χ4v) is 1.34. The molecule has 0 aliphatic carbocycles. The number of nitrogens with two attached hydrogens (primary N) is 1. The number of aliphatic carboxylic acids is 1. The van der Waals surface area contributed by atoms with Crippen LogP contribution in [-0.4, -0.2) is 28.3 Å². The number of aliphatic hydroxyl groups excluding tert-OH is 1. The Morgan fingerprint density at radius 3 is 2.47 bits per heavy atom. The number of aliphatic hydroxyl groups is 1. The molecule has 0 saturated heterocycles. The van der Waals surface area contributed by atoms with Crippen LogP contribution < -0.4 is 5.73 Å². The molecule has 1 rings (SSSR count). The second-order valence-electron chi connectivity index (χ2n) is 3.52. The Hall–Kier alpha value is -1.39. The third kappa shape index (κ3) is 4.10. The Balaban J connectivity index is 2.48. The molecular formula is C11H15NO3. The average Bonchev–Trinajstić information content (AvgIpc) is 2.18. The normalized spacial score (nSPS) is 14.5. The van der Waals surface area contributed by atoms with E-state index < -0.39 is 18.1 Å². The molecule has 0 saturated carbocycles. The molecule has 1 aromatic carbocycles. The fraction of sp³-hybridized carbons (Fsp3) is 0.364. The molecule has 2 atom stereocenters.